The number of nitrogens with two attached hydrogens (primary N) is 1. The number of anilines is 1. The molecule has 0 aromatic carbocycles. The van der Waals surface area contributed by atoms with Crippen LogP contribution in [0.1, 0.15) is 45.6 Å². The molecule has 4 heteroatoms. The second-order valence-corrected chi connectivity index (χ2v) is 6.68. The number of rotatable bonds is 2. The van der Waals surface area contributed by atoms with Crippen molar-refractivity contribution < 1.29 is 5.11 Å². The molecule has 106 valence electrons. The zero-order chi connectivity index (χ0) is 14.2. The van der Waals surface area contributed by atoms with Crippen LogP contribution in [0.25, 0.3) is 0 Å². The van der Waals surface area contributed by atoms with E-state index in [0.29, 0.717) is 28.2 Å². The molecule has 3 unspecified atom stereocenters. The van der Waals surface area contributed by atoms with Gasteiger partial charge >= 0.3 is 0 Å². The highest BCUT2D eigenvalue weighted by Gasteiger charge is 2.45. The van der Waals surface area contributed by atoms with Crippen molar-refractivity contribution in [2.45, 2.75) is 45.6 Å². The van der Waals surface area contributed by atoms with E-state index in [9.17, 15) is 5.11 Å². The summed E-state index contributed by atoms with van der Waals surface area (Å²) in [5.74, 6) is 1.48. The van der Waals surface area contributed by atoms with E-state index in [1.54, 1.807) is 6.07 Å². The van der Waals surface area contributed by atoms with Crippen molar-refractivity contribution in [1.82, 2.24) is 4.98 Å². The summed E-state index contributed by atoms with van der Waals surface area (Å²) in [5.41, 5.74) is 5.77. The minimum Gasteiger partial charge on any atom is -0.385 e. The first-order valence-corrected chi connectivity index (χ1v) is 7.36. The highest BCUT2D eigenvalue weighted by atomic mass is 35.5. The summed E-state index contributed by atoms with van der Waals surface area (Å²) in [6, 6.07) is 1.78. The van der Waals surface area contributed by atoms with E-state index in [4.69, 9.17) is 17.3 Å². The molecule has 2 rings (SSSR count). The van der Waals surface area contributed by atoms with Gasteiger partial charge in [-0.1, -0.05) is 38.8 Å². The van der Waals surface area contributed by atoms with E-state index < -0.39 is 5.60 Å². The first-order valence-electron chi connectivity index (χ1n) is 6.98. The van der Waals surface area contributed by atoms with E-state index in [0.717, 1.165) is 19.3 Å². The van der Waals surface area contributed by atoms with Gasteiger partial charge < -0.3 is 10.8 Å². The Bertz CT molecular complexity index is 463. The Labute approximate surface area is 120 Å². The number of hydrogen-bond donors (Lipinski definition) is 2. The Morgan fingerprint density at radius 3 is 2.79 bits per heavy atom. The lowest BCUT2D eigenvalue weighted by atomic mass is 9.64. The molecule has 1 aliphatic carbocycles. The molecule has 1 aromatic rings. The van der Waals surface area contributed by atoms with Gasteiger partial charge in [0.1, 0.15) is 5.82 Å². The average Bonchev–Trinajstić information content (AvgIpc) is 2.31. The summed E-state index contributed by atoms with van der Waals surface area (Å²) in [7, 11) is 0. The maximum atomic E-state index is 11.3. The molecule has 0 bridgehead atoms. The minimum atomic E-state index is -0.909. The highest BCUT2D eigenvalue weighted by Crippen LogP contribution is 2.48. The Hall–Kier alpha value is -0.800. The molecule has 1 fully saturated rings. The molecule has 19 heavy (non-hydrogen) atoms. The molecule has 0 aliphatic heterocycles. The normalized spacial score (nSPS) is 31.7. The second-order valence-electron chi connectivity index (χ2n) is 6.25. The van der Waals surface area contributed by atoms with Gasteiger partial charge in [-0.05, 0) is 36.7 Å². The van der Waals surface area contributed by atoms with Crippen molar-refractivity contribution in [3.8, 4) is 0 Å². The van der Waals surface area contributed by atoms with Gasteiger partial charge in [0.05, 0.1) is 10.6 Å². The van der Waals surface area contributed by atoms with Gasteiger partial charge in [0.2, 0.25) is 0 Å². The van der Waals surface area contributed by atoms with Crippen LogP contribution in [-0.2, 0) is 5.60 Å². The van der Waals surface area contributed by atoms with Crippen LogP contribution in [-0.4, -0.2) is 10.1 Å². The van der Waals surface area contributed by atoms with Crippen LogP contribution < -0.4 is 5.73 Å². The number of aromatic nitrogens is 1. The molecule has 0 amide bonds. The SMILES string of the molecule is CC1CCC(C(C)C)C(O)(c2cc(Cl)cnc2N)C1. The number of hydrogen-bond acceptors (Lipinski definition) is 3. The Balaban J connectivity index is 2.49. The molecular weight excluding hydrogens is 260 g/mol. The monoisotopic (exact) mass is 282 g/mol. The Morgan fingerprint density at radius 1 is 1.47 bits per heavy atom. The van der Waals surface area contributed by atoms with Gasteiger partial charge in [0, 0.05) is 11.8 Å². The molecule has 3 atom stereocenters. The predicted molar refractivity (Wildman–Crippen MR) is 78.9 cm³/mol. The summed E-state index contributed by atoms with van der Waals surface area (Å²) in [6.07, 6.45) is 4.42. The fourth-order valence-corrected chi connectivity index (χ4v) is 3.64. The van der Waals surface area contributed by atoms with Crippen LogP contribution in [0.2, 0.25) is 5.02 Å². The lowest BCUT2D eigenvalue weighted by Gasteiger charge is -2.45. The van der Waals surface area contributed by atoms with Gasteiger partial charge in [-0.3, -0.25) is 0 Å². The van der Waals surface area contributed by atoms with Gasteiger partial charge in [-0.15, -0.1) is 0 Å². The fraction of sp³-hybridized carbons (Fsp3) is 0.667. The Kier molecular flexibility index (Phi) is 4.07. The van der Waals surface area contributed by atoms with Crippen LogP contribution in [0, 0.1) is 17.8 Å². The van der Waals surface area contributed by atoms with Crippen LogP contribution >= 0.6 is 11.6 Å². The smallest absolute Gasteiger partial charge is 0.129 e. The quantitative estimate of drug-likeness (QED) is 0.871. The van der Waals surface area contributed by atoms with Crippen LogP contribution in [0.15, 0.2) is 12.3 Å². The molecule has 1 saturated carbocycles. The van der Waals surface area contributed by atoms with Crippen LogP contribution in [0.3, 0.4) is 0 Å². The standard InChI is InChI=1S/C15H23ClN2O/c1-9(2)12-5-4-10(3)7-15(12,19)13-6-11(16)8-18-14(13)17/h6,8-10,12,19H,4-5,7H2,1-3H3,(H2,17,18). The topological polar surface area (TPSA) is 59.1 Å². The zero-order valence-corrected chi connectivity index (χ0v) is 12.6. The van der Waals surface area contributed by atoms with Crippen molar-refractivity contribution in [2.75, 3.05) is 5.73 Å². The molecule has 1 aromatic heterocycles. The molecule has 3 N–H and O–H groups in total. The van der Waals surface area contributed by atoms with Crippen molar-refractivity contribution in [2.24, 2.45) is 17.8 Å². The second kappa shape index (κ2) is 5.29. The third kappa shape index (κ3) is 2.72. The summed E-state index contributed by atoms with van der Waals surface area (Å²) in [4.78, 5) is 4.10. The molecule has 0 radical (unpaired) electrons. The summed E-state index contributed by atoms with van der Waals surface area (Å²) < 4.78 is 0. The van der Waals surface area contributed by atoms with E-state index in [2.05, 4.69) is 25.8 Å². The van der Waals surface area contributed by atoms with E-state index in [-0.39, 0.29) is 5.92 Å². The van der Waals surface area contributed by atoms with Crippen LogP contribution in [0.5, 0.6) is 0 Å². The molecule has 0 saturated heterocycles. The summed E-state index contributed by atoms with van der Waals surface area (Å²) in [6.45, 7) is 6.48. The summed E-state index contributed by atoms with van der Waals surface area (Å²) >= 11 is 6.03. The maximum Gasteiger partial charge on any atom is 0.129 e. The first kappa shape index (κ1) is 14.6. The van der Waals surface area contributed by atoms with E-state index in [1.807, 2.05) is 0 Å². The average molecular weight is 283 g/mol. The lowest BCUT2D eigenvalue weighted by Crippen LogP contribution is -2.43. The number of pyridine rings is 1. The van der Waals surface area contributed by atoms with Gasteiger partial charge in [-0.2, -0.15) is 0 Å². The van der Waals surface area contributed by atoms with Crippen molar-refractivity contribution >= 4 is 17.4 Å². The number of nitrogen functional groups attached to an aromatic ring is 1. The number of halogens is 1. The molecule has 0 spiro atoms. The number of nitrogens with zero attached hydrogens (tertiary/aromatic N) is 1. The zero-order valence-electron chi connectivity index (χ0n) is 11.9. The first-order chi connectivity index (χ1) is 8.84. The van der Waals surface area contributed by atoms with Gasteiger partial charge in [0.25, 0.3) is 0 Å². The fourth-order valence-electron chi connectivity index (χ4n) is 3.48. The van der Waals surface area contributed by atoms with E-state index in [1.165, 1.54) is 6.20 Å². The molecule has 1 aliphatic rings. The third-order valence-electron chi connectivity index (χ3n) is 4.40. The molecule has 1 heterocycles. The number of aliphatic hydroxyl groups is 1. The third-order valence-corrected chi connectivity index (χ3v) is 4.61. The van der Waals surface area contributed by atoms with Crippen molar-refractivity contribution in [3.63, 3.8) is 0 Å². The largest absolute Gasteiger partial charge is 0.385 e. The minimum absolute atomic E-state index is 0.200. The molecular formula is C15H23ClN2O. The van der Waals surface area contributed by atoms with Crippen LogP contribution in [0.4, 0.5) is 5.82 Å². The van der Waals surface area contributed by atoms with Crippen molar-refractivity contribution in [1.29, 1.82) is 0 Å². The highest BCUT2D eigenvalue weighted by molar-refractivity contribution is 6.30. The van der Waals surface area contributed by atoms with Crippen molar-refractivity contribution in [3.05, 3.63) is 22.8 Å². The van der Waals surface area contributed by atoms with Gasteiger partial charge in [-0.25, -0.2) is 4.98 Å². The molecule has 3 nitrogen and oxygen atoms in total. The Morgan fingerprint density at radius 2 is 2.16 bits per heavy atom. The lowest BCUT2D eigenvalue weighted by molar-refractivity contribution is -0.0861. The summed E-state index contributed by atoms with van der Waals surface area (Å²) in [5, 5.41) is 11.8. The van der Waals surface area contributed by atoms with Gasteiger partial charge in [0.15, 0.2) is 0 Å². The maximum absolute atomic E-state index is 11.3. The predicted octanol–water partition coefficient (Wildman–Crippen LogP) is 3.60. The van der Waals surface area contributed by atoms with E-state index >= 15 is 0 Å².